The van der Waals surface area contributed by atoms with E-state index in [0.717, 1.165) is 23.8 Å². The molecule has 0 saturated heterocycles. The molecule has 1 aromatic heterocycles. The molecule has 0 fully saturated rings. The van der Waals surface area contributed by atoms with Gasteiger partial charge >= 0.3 is 0 Å². The van der Waals surface area contributed by atoms with Crippen molar-refractivity contribution in [3.63, 3.8) is 0 Å². The first-order valence-corrected chi connectivity index (χ1v) is 7.84. The van der Waals surface area contributed by atoms with Crippen LogP contribution in [-0.4, -0.2) is 38.7 Å². The van der Waals surface area contributed by atoms with Crippen LogP contribution in [0.3, 0.4) is 0 Å². The maximum Gasteiger partial charge on any atom is 0.256 e. The Morgan fingerprint density at radius 2 is 2.05 bits per heavy atom. The molecule has 0 spiro atoms. The molecule has 0 N–H and O–H groups in total. The molecule has 20 heavy (non-hydrogen) atoms. The summed E-state index contributed by atoms with van der Waals surface area (Å²) in [5.74, 6) is 0.0204. The molecule has 0 unspecified atom stereocenters. The van der Waals surface area contributed by atoms with Gasteiger partial charge in [0.05, 0.1) is 11.1 Å². The smallest absolute Gasteiger partial charge is 0.256 e. The lowest BCUT2D eigenvalue weighted by Crippen LogP contribution is -2.38. The van der Waals surface area contributed by atoms with E-state index in [4.69, 9.17) is 0 Å². The van der Waals surface area contributed by atoms with Crippen LogP contribution in [0.4, 0.5) is 0 Å². The SMILES string of the molecule is CC(C)N(CCCBr)C(=O)c1cccc2nccnc12. The second kappa shape index (κ2) is 6.79. The number of alkyl halides is 1. The fourth-order valence-electron chi connectivity index (χ4n) is 2.14. The third kappa shape index (κ3) is 3.15. The van der Waals surface area contributed by atoms with Crippen LogP contribution < -0.4 is 0 Å². The van der Waals surface area contributed by atoms with Crippen molar-refractivity contribution in [3.8, 4) is 0 Å². The van der Waals surface area contributed by atoms with Gasteiger partial charge in [-0.05, 0) is 32.4 Å². The van der Waals surface area contributed by atoms with Gasteiger partial charge in [0.25, 0.3) is 5.91 Å². The highest BCUT2D eigenvalue weighted by molar-refractivity contribution is 9.09. The summed E-state index contributed by atoms with van der Waals surface area (Å²) in [7, 11) is 0. The van der Waals surface area contributed by atoms with Crippen molar-refractivity contribution in [3.05, 3.63) is 36.2 Å². The van der Waals surface area contributed by atoms with Crippen LogP contribution in [0.2, 0.25) is 0 Å². The van der Waals surface area contributed by atoms with E-state index >= 15 is 0 Å². The summed E-state index contributed by atoms with van der Waals surface area (Å²) in [6.07, 6.45) is 4.19. The van der Waals surface area contributed by atoms with Gasteiger partial charge in [0.1, 0.15) is 5.52 Å². The minimum Gasteiger partial charge on any atom is -0.336 e. The lowest BCUT2D eigenvalue weighted by atomic mass is 10.1. The first kappa shape index (κ1) is 14.9. The summed E-state index contributed by atoms with van der Waals surface area (Å²) in [4.78, 5) is 23.2. The molecule has 4 nitrogen and oxygen atoms in total. The normalized spacial score (nSPS) is 11.0. The van der Waals surface area contributed by atoms with Gasteiger partial charge in [-0.1, -0.05) is 22.0 Å². The molecular weight excluding hydrogens is 318 g/mol. The fourth-order valence-corrected chi connectivity index (χ4v) is 2.40. The minimum absolute atomic E-state index is 0.0204. The highest BCUT2D eigenvalue weighted by atomic mass is 79.9. The Hall–Kier alpha value is -1.49. The zero-order chi connectivity index (χ0) is 14.5. The number of benzene rings is 1. The van der Waals surface area contributed by atoms with E-state index in [1.807, 2.05) is 36.9 Å². The molecule has 0 aliphatic carbocycles. The van der Waals surface area contributed by atoms with Gasteiger partial charge < -0.3 is 4.90 Å². The van der Waals surface area contributed by atoms with E-state index in [9.17, 15) is 4.79 Å². The molecule has 0 radical (unpaired) electrons. The second-order valence-corrected chi connectivity index (χ2v) is 5.66. The van der Waals surface area contributed by atoms with Gasteiger partial charge in [0.2, 0.25) is 0 Å². The molecule has 2 rings (SSSR count). The van der Waals surface area contributed by atoms with Crippen LogP contribution in [0.15, 0.2) is 30.6 Å². The second-order valence-electron chi connectivity index (χ2n) is 4.86. The molecule has 106 valence electrons. The number of hydrogen-bond acceptors (Lipinski definition) is 3. The number of carbonyl (C=O) groups excluding carboxylic acids is 1. The summed E-state index contributed by atoms with van der Waals surface area (Å²) in [5, 5.41) is 0.888. The summed E-state index contributed by atoms with van der Waals surface area (Å²) in [6.45, 7) is 4.80. The van der Waals surface area contributed by atoms with Crippen molar-refractivity contribution in [2.24, 2.45) is 0 Å². The summed E-state index contributed by atoms with van der Waals surface area (Å²) in [5.41, 5.74) is 2.05. The first-order valence-electron chi connectivity index (χ1n) is 6.72. The molecule has 1 aromatic carbocycles. The number of amides is 1. The average Bonchev–Trinajstić information content (AvgIpc) is 2.46. The van der Waals surface area contributed by atoms with Gasteiger partial charge in [-0.3, -0.25) is 14.8 Å². The molecule has 2 aromatic rings. The summed E-state index contributed by atoms with van der Waals surface area (Å²) in [6, 6.07) is 5.71. The number of rotatable bonds is 5. The Bertz CT molecular complexity index is 595. The van der Waals surface area contributed by atoms with E-state index in [0.29, 0.717) is 11.1 Å². The Labute approximate surface area is 127 Å². The number of carbonyl (C=O) groups is 1. The molecule has 1 heterocycles. The lowest BCUT2D eigenvalue weighted by molar-refractivity contribution is 0.0708. The van der Waals surface area contributed by atoms with Gasteiger partial charge in [0.15, 0.2) is 0 Å². The largest absolute Gasteiger partial charge is 0.336 e. The van der Waals surface area contributed by atoms with Gasteiger partial charge in [0, 0.05) is 30.3 Å². The summed E-state index contributed by atoms with van der Waals surface area (Å²) >= 11 is 3.41. The topological polar surface area (TPSA) is 46.1 Å². The van der Waals surface area contributed by atoms with Gasteiger partial charge in [-0.15, -0.1) is 0 Å². The van der Waals surface area contributed by atoms with E-state index in [1.54, 1.807) is 12.4 Å². The Kier molecular flexibility index (Phi) is 5.06. The van der Waals surface area contributed by atoms with Gasteiger partial charge in [-0.25, -0.2) is 0 Å². The zero-order valence-corrected chi connectivity index (χ0v) is 13.3. The Balaban J connectivity index is 2.38. The molecule has 1 amide bonds. The first-order chi connectivity index (χ1) is 9.65. The van der Waals surface area contributed by atoms with E-state index in [2.05, 4.69) is 25.9 Å². The molecule has 0 bridgehead atoms. The van der Waals surface area contributed by atoms with Crippen LogP contribution in [-0.2, 0) is 0 Å². The fraction of sp³-hybridized carbons (Fsp3) is 0.400. The predicted molar refractivity (Wildman–Crippen MR) is 84.1 cm³/mol. The molecule has 0 atom stereocenters. The number of para-hydroxylation sites is 1. The lowest BCUT2D eigenvalue weighted by Gasteiger charge is -2.26. The van der Waals surface area contributed by atoms with Crippen molar-refractivity contribution in [1.82, 2.24) is 14.9 Å². The number of halogens is 1. The van der Waals surface area contributed by atoms with E-state index in [-0.39, 0.29) is 11.9 Å². The van der Waals surface area contributed by atoms with Crippen molar-refractivity contribution in [2.45, 2.75) is 26.3 Å². The number of aromatic nitrogens is 2. The van der Waals surface area contributed by atoms with E-state index in [1.165, 1.54) is 0 Å². The van der Waals surface area contributed by atoms with Crippen LogP contribution in [0.5, 0.6) is 0 Å². The average molecular weight is 336 g/mol. The predicted octanol–water partition coefficient (Wildman–Crippen LogP) is 3.27. The zero-order valence-electron chi connectivity index (χ0n) is 11.7. The number of hydrogen-bond donors (Lipinski definition) is 0. The monoisotopic (exact) mass is 335 g/mol. The quantitative estimate of drug-likeness (QED) is 0.788. The number of fused-ring (bicyclic) bond motifs is 1. The molecular formula is C15H18BrN3O. The maximum atomic E-state index is 12.7. The van der Waals surface area contributed by atoms with Crippen molar-refractivity contribution in [1.29, 1.82) is 0 Å². The molecule has 0 aliphatic heterocycles. The summed E-state index contributed by atoms with van der Waals surface area (Å²) < 4.78 is 0. The Morgan fingerprint density at radius 3 is 2.75 bits per heavy atom. The van der Waals surface area contributed by atoms with Crippen LogP contribution >= 0.6 is 15.9 Å². The molecule has 0 saturated carbocycles. The maximum absolute atomic E-state index is 12.7. The van der Waals surface area contributed by atoms with Crippen molar-refractivity contribution >= 4 is 32.9 Å². The minimum atomic E-state index is 0.0204. The van der Waals surface area contributed by atoms with E-state index < -0.39 is 0 Å². The highest BCUT2D eigenvalue weighted by Crippen LogP contribution is 2.17. The highest BCUT2D eigenvalue weighted by Gasteiger charge is 2.20. The molecule has 0 aliphatic rings. The van der Waals surface area contributed by atoms with Crippen LogP contribution in [0.1, 0.15) is 30.6 Å². The van der Waals surface area contributed by atoms with Gasteiger partial charge in [-0.2, -0.15) is 0 Å². The number of nitrogens with zero attached hydrogens (tertiary/aromatic N) is 3. The van der Waals surface area contributed by atoms with Crippen molar-refractivity contribution in [2.75, 3.05) is 11.9 Å². The van der Waals surface area contributed by atoms with Crippen LogP contribution in [0.25, 0.3) is 11.0 Å². The standard InChI is InChI=1S/C15H18BrN3O/c1-11(2)19(10-4-7-16)15(20)12-5-3-6-13-14(12)18-9-8-17-13/h3,5-6,8-9,11H,4,7,10H2,1-2H3. The molecule has 5 heteroatoms. The van der Waals surface area contributed by atoms with Crippen LogP contribution in [0, 0.1) is 0 Å². The third-order valence-electron chi connectivity index (χ3n) is 3.15. The third-order valence-corrected chi connectivity index (χ3v) is 3.71. The van der Waals surface area contributed by atoms with Crippen molar-refractivity contribution < 1.29 is 4.79 Å². The Morgan fingerprint density at radius 1 is 1.30 bits per heavy atom.